The maximum absolute atomic E-state index is 12.2. The maximum Gasteiger partial charge on any atom is 0.243 e. The maximum atomic E-state index is 12.2. The molecule has 1 aromatic carbocycles. The van der Waals surface area contributed by atoms with Gasteiger partial charge in [0.2, 0.25) is 11.8 Å². The second-order valence-corrected chi connectivity index (χ2v) is 5.32. The highest BCUT2D eigenvalue weighted by Crippen LogP contribution is 2.17. The molecule has 2 amide bonds. The molecule has 2 rings (SSSR count). The first-order valence-corrected chi connectivity index (χ1v) is 6.88. The summed E-state index contributed by atoms with van der Waals surface area (Å²) in [7, 11) is 1.68. The van der Waals surface area contributed by atoms with Crippen molar-refractivity contribution in [3.63, 3.8) is 0 Å². The average molecular weight is 275 g/mol. The smallest absolute Gasteiger partial charge is 0.243 e. The molecule has 1 aliphatic heterocycles. The zero-order chi connectivity index (χ0) is 14.5. The summed E-state index contributed by atoms with van der Waals surface area (Å²) in [6, 6.07) is 9.25. The molecule has 1 aliphatic rings. The van der Waals surface area contributed by atoms with Gasteiger partial charge in [-0.15, -0.1) is 0 Å². The van der Waals surface area contributed by atoms with E-state index >= 15 is 0 Å². The van der Waals surface area contributed by atoms with E-state index in [0.29, 0.717) is 5.92 Å². The number of benzene rings is 1. The summed E-state index contributed by atoms with van der Waals surface area (Å²) in [6.45, 7) is 3.78. The number of nitrogens with zero attached hydrogens (tertiary/aromatic N) is 1. The van der Waals surface area contributed by atoms with E-state index in [2.05, 4.69) is 10.6 Å². The number of para-hydroxylation sites is 1. The van der Waals surface area contributed by atoms with Crippen molar-refractivity contribution in [1.29, 1.82) is 0 Å². The molecular weight excluding hydrogens is 254 g/mol. The van der Waals surface area contributed by atoms with E-state index in [0.717, 1.165) is 18.8 Å². The number of rotatable bonds is 5. The monoisotopic (exact) mass is 275 g/mol. The topological polar surface area (TPSA) is 61.4 Å². The van der Waals surface area contributed by atoms with Gasteiger partial charge in [-0.25, -0.2) is 0 Å². The zero-order valence-corrected chi connectivity index (χ0v) is 11.9. The minimum Gasteiger partial charge on any atom is -0.336 e. The van der Waals surface area contributed by atoms with Crippen LogP contribution in [0.2, 0.25) is 0 Å². The number of likely N-dealkylation sites (N-methyl/N-ethyl adjacent to an activating group) is 1. The second-order valence-electron chi connectivity index (χ2n) is 5.32. The first kappa shape index (κ1) is 14.5. The molecular formula is C15H21N3O2. The van der Waals surface area contributed by atoms with Gasteiger partial charge in [0.05, 0.1) is 6.54 Å². The van der Waals surface area contributed by atoms with Crippen LogP contribution in [0, 0.1) is 11.8 Å². The molecule has 0 aromatic heterocycles. The molecule has 0 radical (unpaired) electrons. The number of hydrogen-bond acceptors (Lipinski definition) is 3. The Bertz CT molecular complexity index is 471. The Morgan fingerprint density at radius 3 is 2.55 bits per heavy atom. The van der Waals surface area contributed by atoms with Crippen LogP contribution in [0.3, 0.4) is 0 Å². The molecule has 0 aliphatic carbocycles. The highest BCUT2D eigenvalue weighted by atomic mass is 16.2. The minimum absolute atomic E-state index is 0.0275. The molecule has 2 N–H and O–H groups in total. The van der Waals surface area contributed by atoms with Crippen molar-refractivity contribution in [3.8, 4) is 0 Å². The molecule has 0 spiro atoms. The van der Waals surface area contributed by atoms with Crippen molar-refractivity contribution >= 4 is 17.5 Å². The summed E-state index contributed by atoms with van der Waals surface area (Å²) < 4.78 is 0. The summed E-state index contributed by atoms with van der Waals surface area (Å²) in [5.41, 5.74) is 0.745. The number of carbonyl (C=O) groups excluding carboxylic acids is 2. The van der Waals surface area contributed by atoms with E-state index in [-0.39, 0.29) is 24.3 Å². The summed E-state index contributed by atoms with van der Waals surface area (Å²) in [5.74, 6) is 0.207. The number of carbonyl (C=O) groups is 2. The van der Waals surface area contributed by atoms with Crippen molar-refractivity contribution in [2.45, 2.75) is 6.92 Å². The predicted octanol–water partition coefficient (Wildman–Crippen LogP) is 0.939. The number of nitrogens with one attached hydrogen (secondary N) is 2. The first-order valence-electron chi connectivity index (χ1n) is 6.88. The van der Waals surface area contributed by atoms with Crippen molar-refractivity contribution in [3.05, 3.63) is 30.3 Å². The van der Waals surface area contributed by atoms with E-state index in [1.807, 2.05) is 37.3 Å². The molecule has 5 heteroatoms. The number of hydrogen-bond donors (Lipinski definition) is 2. The Hall–Kier alpha value is -1.88. The summed E-state index contributed by atoms with van der Waals surface area (Å²) >= 11 is 0. The molecule has 108 valence electrons. The third-order valence-electron chi connectivity index (χ3n) is 3.72. The molecule has 1 heterocycles. The van der Waals surface area contributed by atoms with Crippen molar-refractivity contribution in [2.75, 3.05) is 32.0 Å². The third-order valence-corrected chi connectivity index (χ3v) is 3.72. The van der Waals surface area contributed by atoms with Crippen LogP contribution in [0.15, 0.2) is 30.3 Å². The molecule has 1 atom stereocenters. The lowest BCUT2D eigenvalue weighted by Gasteiger charge is -2.33. The van der Waals surface area contributed by atoms with Crippen LogP contribution in [0.4, 0.5) is 5.69 Å². The Kier molecular flexibility index (Phi) is 4.74. The van der Waals surface area contributed by atoms with E-state index < -0.39 is 0 Å². The highest BCUT2D eigenvalue weighted by molar-refractivity contribution is 5.94. The molecule has 0 bridgehead atoms. The van der Waals surface area contributed by atoms with Gasteiger partial charge in [0, 0.05) is 18.7 Å². The Morgan fingerprint density at radius 2 is 2.00 bits per heavy atom. The van der Waals surface area contributed by atoms with Crippen LogP contribution in [0.5, 0.6) is 0 Å². The molecule has 1 unspecified atom stereocenters. The highest BCUT2D eigenvalue weighted by Gasteiger charge is 2.30. The van der Waals surface area contributed by atoms with Gasteiger partial charge in [-0.05, 0) is 31.1 Å². The number of amides is 2. The molecule has 0 saturated carbocycles. The van der Waals surface area contributed by atoms with E-state index in [1.54, 1.807) is 7.05 Å². The summed E-state index contributed by atoms with van der Waals surface area (Å²) in [6.07, 6.45) is 0. The molecule has 1 fully saturated rings. The largest absolute Gasteiger partial charge is 0.336 e. The van der Waals surface area contributed by atoms with Crippen molar-refractivity contribution in [2.24, 2.45) is 11.8 Å². The number of anilines is 1. The SMILES string of the molecule is CC(C(=O)N(C)CC(=O)Nc1ccccc1)C1CNC1. The Balaban J connectivity index is 1.82. The Labute approximate surface area is 119 Å². The van der Waals surface area contributed by atoms with Crippen LogP contribution in [-0.4, -0.2) is 43.4 Å². The van der Waals surface area contributed by atoms with Crippen LogP contribution < -0.4 is 10.6 Å². The van der Waals surface area contributed by atoms with Gasteiger partial charge in [0.1, 0.15) is 0 Å². The molecule has 20 heavy (non-hydrogen) atoms. The van der Waals surface area contributed by atoms with Crippen LogP contribution >= 0.6 is 0 Å². The van der Waals surface area contributed by atoms with Gasteiger partial charge < -0.3 is 15.5 Å². The minimum atomic E-state index is -0.175. The van der Waals surface area contributed by atoms with Crippen molar-refractivity contribution in [1.82, 2.24) is 10.2 Å². The quantitative estimate of drug-likeness (QED) is 0.840. The predicted molar refractivity (Wildman–Crippen MR) is 78.2 cm³/mol. The van der Waals surface area contributed by atoms with E-state index in [1.165, 1.54) is 4.90 Å². The average Bonchev–Trinajstić information content (AvgIpc) is 2.36. The van der Waals surface area contributed by atoms with Gasteiger partial charge in [0.25, 0.3) is 0 Å². The van der Waals surface area contributed by atoms with Gasteiger partial charge in [-0.1, -0.05) is 25.1 Å². The molecule has 1 aromatic rings. The fourth-order valence-electron chi connectivity index (χ4n) is 2.23. The molecule has 1 saturated heterocycles. The van der Waals surface area contributed by atoms with Crippen molar-refractivity contribution < 1.29 is 9.59 Å². The zero-order valence-electron chi connectivity index (χ0n) is 11.9. The Morgan fingerprint density at radius 1 is 1.35 bits per heavy atom. The standard InChI is InChI=1S/C15H21N3O2/c1-11(12-8-16-9-12)15(20)18(2)10-14(19)17-13-6-4-3-5-7-13/h3-7,11-12,16H,8-10H2,1-2H3,(H,17,19). The lowest BCUT2D eigenvalue weighted by molar-refractivity contribution is -0.138. The first-order chi connectivity index (χ1) is 9.58. The van der Waals surface area contributed by atoms with Gasteiger partial charge in [0.15, 0.2) is 0 Å². The van der Waals surface area contributed by atoms with Gasteiger partial charge >= 0.3 is 0 Å². The summed E-state index contributed by atoms with van der Waals surface area (Å²) in [5, 5.41) is 5.94. The lowest BCUT2D eigenvalue weighted by atomic mass is 9.88. The fourth-order valence-corrected chi connectivity index (χ4v) is 2.23. The van der Waals surface area contributed by atoms with Crippen LogP contribution in [0.1, 0.15) is 6.92 Å². The lowest BCUT2D eigenvalue weighted by Crippen LogP contribution is -2.50. The van der Waals surface area contributed by atoms with Gasteiger partial charge in [-0.2, -0.15) is 0 Å². The van der Waals surface area contributed by atoms with Crippen LogP contribution in [-0.2, 0) is 9.59 Å². The van der Waals surface area contributed by atoms with E-state index in [9.17, 15) is 9.59 Å². The molecule has 5 nitrogen and oxygen atoms in total. The van der Waals surface area contributed by atoms with Gasteiger partial charge in [-0.3, -0.25) is 9.59 Å². The fraction of sp³-hybridized carbons (Fsp3) is 0.467. The normalized spacial score (nSPS) is 16.1. The summed E-state index contributed by atoms with van der Waals surface area (Å²) in [4.78, 5) is 25.6. The van der Waals surface area contributed by atoms with E-state index in [4.69, 9.17) is 0 Å². The van der Waals surface area contributed by atoms with Crippen LogP contribution in [0.25, 0.3) is 0 Å². The second kappa shape index (κ2) is 6.52. The third kappa shape index (κ3) is 3.57.